The number of nitrogens with two attached hydrogens (primary N) is 1. The summed E-state index contributed by atoms with van der Waals surface area (Å²) in [5, 5.41) is 9.43. The van der Waals surface area contributed by atoms with E-state index in [-0.39, 0.29) is 5.75 Å². The summed E-state index contributed by atoms with van der Waals surface area (Å²) in [5.74, 6) is 0.134. The lowest BCUT2D eigenvalue weighted by Gasteiger charge is -2.08. The van der Waals surface area contributed by atoms with E-state index in [2.05, 4.69) is 13.2 Å². The zero-order valence-electron chi connectivity index (χ0n) is 8.16. The first-order chi connectivity index (χ1) is 6.69. The third kappa shape index (κ3) is 2.16. The number of hydrogen-bond donors (Lipinski definition) is 2. The summed E-state index contributed by atoms with van der Waals surface area (Å²) in [4.78, 5) is 0. The summed E-state index contributed by atoms with van der Waals surface area (Å²) < 4.78 is 0. The molecule has 14 heavy (non-hydrogen) atoms. The third-order valence-electron chi connectivity index (χ3n) is 2.08. The largest absolute Gasteiger partial charge is 0.506 e. The molecule has 0 aliphatic heterocycles. The first-order valence-electron chi connectivity index (χ1n) is 4.51. The van der Waals surface area contributed by atoms with Crippen LogP contribution in [0.2, 0.25) is 0 Å². The van der Waals surface area contributed by atoms with Crippen LogP contribution in [0.15, 0.2) is 37.4 Å². The van der Waals surface area contributed by atoms with E-state index >= 15 is 0 Å². The Morgan fingerprint density at radius 2 is 1.64 bits per heavy atom. The van der Waals surface area contributed by atoms with Crippen LogP contribution in [0.5, 0.6) is 5.75 Å². The average molecular weight is 189 g/mol. The molecule has 0 radical (unpaired) electrons. The van der Waals surface area contributed by atoms with Gasteiger partial charge in [-0.3, -0.25) is 0 Å². The van der Waals surface area contributed by atoms with E-state index in [9.17, 15) is 5.11 Å². The molecule has 0 fully saturated rings. The molecule has 0 bridgehead atoms. The van der Waals surface area contributed by atoms with Crippen LogP contribution in [-0.4, -0.2) is 5.11 Å². The number of rotatable bonds is 4. The van der Waals surface area contributed by atoms with Crippen LogP contribution in [-0.2, 0) is 12.8 Å². The first kappa shape index (κ1) is 10.4. The molecule has 0 unspecified atom stereocenters. The first-order valence-corrected chi connectivity index (χ1v) is 4.51. The monoisotopic (exact) mass is 189 g/mol. The van der Waals surface area contributed by atoms with Crippen LogP contribution in [0, 0.1) is 0 Å². The third-order valence-corrected chi connectivity index (χ3v) is 2.08. The lowest BCUT2D eigenvalue weighted by Crippen LogP contribution is -1.95. The van der Waals surface area contributed by atoms with Crippen LogP contribution >= 0.6 is 0 Å². The maximum atomic E-state index is 9.43. The van der Waals surface area contributed by atoms with Crippen molar-refractivity contribution in [2.75, 3.05) is 5.73 Å². The van der Waals surface area contributed by atoms with Gasteiger partial charge in [0.1, 0.15) is 5.75 Å². The molecule has 74 valence electrons. The highest BCUT2D eigenvalue weighted by Crippen LogP contribution is 2.25. The van der Waals surface area contributed by atoms with Gasteiger partial charge in [-0.05, 0) is 36.1 Å². The summed E-state index contributed by atoms with van der Waals surface area (Å²) in [6, 6.07) is 3.48. The molecule has 0 aliphatic rings. The molecule has 0 spiro atoms. The van der Waals surface area contributed by atoms with Crippen molar-refractivity contribution in [1.82, 2.24) is 0 Å². The number of hydrogen-bond acceptors (Lipinski definition) is 2. The van der Waals surface area contributed by atoms with E-state index in [4.69, 9.17) is 5.73 Å². The van der Waals surface area contributed by atoms with E-state index in [0.717, 1.165) is 24.0 Å². The highest BCUT2D eigenvalue weighted by Gasteiger charge is 2.04. The zero-order chi connectivity index (χ0) is 10.6. The predicted octanol–water partition coefficient (Wildman–Crippen LogP) is 2.43. The normalized spacial score (nSPS) is 9.71. The summed E-state index contributed by atoms with van der Waals surface area (Å²) in [6.45, 7) is 7.35. The second-order valence-corrected chi connectivity index (χ2v) is 3.17. The van der Waals surface area contributed by atoms with Crippen molar-refractivity contribution >= 4 is 5.69 Å². The molecule has 0 saturated heterocycles. The minimum atomic E-state index is 0.134. The van der Waals surface area contributed by atoms with Crippen LogP contribution in [0.3, 0.4) is 0 Å². The van der Waals surface area contributed by atoms with Crippen molar-refractivity contribution < 1.29 is 5.11 Å². The minimum absolute atomic E-state index is 0.134. The summed E-state index contributed by atoms with van der Waals surface area (Å²) in [5.41, 5.74) is 8.16. The molecule has 2 heteroatoms. The molecular formula is C12H15NO. The van der Waals surface area contributed by atoms with Crippen molar-refractivity contribution in [2.45, 2.75) is 12.8 Å². The van der Waals surface area contributed by atoms with E-state index in [1.165, 1.54) is 0 Å². The van der Waals surface area contributed by atoms with Gasteiger partial charge in [0, 0.05) is 0 Å². The maximum Gasteiger partial charge on any atom is 0.138 e. The van der Waals surface area contributed by atoms with Gasteiger partial charge in [0.2, 0.25) is 0 Å². The van der Waals surface area contributed by atoms with Gasteiger partial charge in [0.15, 0.2) is 0 Å². The summed E-state index contributed by atoms with van der Waals surface area (Å²) in [7, 11) is 0. The fraction of sp³-hybridized carbons (Fsp3) is 0.167. The highest BCUT2D eigenvalue weighted by atomic mass is 16.3. The molecule has 0 aliphatic carbocycles. The van der Waals surface area contributed by atoms with Gasteiger partial charge in [-0.25, -0.2) is 0 Å². The van der Waals surface area contributed by atoms with Gasteiger partial charge in [-0.2, -0.15) is 0 Å². The number of aromatic hydroxyl groups is 1. The molecule has 3 N–H and O–H groups in total. The van der Waals surface area contributed by atoms with Crippen molar-refractivity contribution in [3.63, 3.8) is 0 Å². The van der Waals surface area contributed by atoms with Gasteiger partial charge in [-0.1, -0.05) is 12.2 Å². The lowest BCUT2D eigenvalue weighted by atomic mass is 10.0. The molecule has 0 saturated carbocycles. The molecule has 2 nitrogen and oxygen atoms in total. The lowest BCUT2D eigenvalue weighted by molar-refractivity contribution is 0.477. The molecule has 0 aromatic heterocycles. The molecule has 1 aromatic carbocycles. The van der Waals surface area contributed by atoms with Crippen LogP contribution in [0.25, 0.3) is 0 Å². The Bertz CT molecular complexity index is 321. The maximum absolute atomic E-state index is 9.43. The molecule has 0 atom stereocenters. The molecule has 0 amide bonds. The Labute approximate surface area is 84.4 Å². The second kappa shape index (κ2) is 4.51. The fourth-order valence-electron chi connectivity index (χ4n) is 1.39. The van der Waals surface area contributed by atoms with Gasteiger partial charge < -0.3 is 10.8 Å². The Kier molecular flexibility index (Phi) is 3.35. The van der Waals surface area contributed by atoms with Gasteiger partial charge in [0.05, 0.1) is 5.69 Å². The second-order valence-electron chi connectivity index (χ2n) is 3.17. The number of allylic oxidation sites excluding steroid dienone is 2. The van der Waals surface area contributed by atoms with Gasteiger partial charge in [0.25, 0.3) is 0 Å². The van der Waals surface area contributed by atoms with Gasteiger partial charge >= 0.3 is 0 Å². The predicted molar refractivity (Wildman–Crippen MR) is 60.3 cm³/mol. The number of benzene rings is 1. The van der Waals surface area contributed by atoms with Crippen molar-refractivity contribution in [3.8, 4) is 5.75 Å². The van der Waals surface area contributed by atoms with E-state index in [1.54, 1.807) is 18.2 Å². The number of phenolic OH excluding ortho intramolecular Hbond substituents is 1. The average Bonchev–Trinajstić information content (AvgIpc) is 2.14. The van der Waals surface area contributed by atoms with Crippen LogP contribution in [0.4, 0.5) is 5.69 Å². The topological polar surface area (TPSA) is 46.2 Å². The molecular weight excluding hydrogens is 174 g/mol. The van der Waals surface area contributed by atoms with E-state index in [0.29, 0.717) is 5.69 Å². The quantitative estimate of drug-likeness (QED) is 0.434. The van der Waals surface area contributed by atoms with Gasteiger partial charge in [-0.15, -0.1) is 13.2 Å². The number of phenols is 1. The SMILES string of the molecule is C=CCc1cc(N)c(O)cc1CC=C. The summed E-state index contributed by atoms with van der Waals surface area (Å²) in [6.07, 6.45) is 5.11. The Morgan fingerprint density at radius 1 is 1.14 bits per heavy atom. The highest BCUT2D eigenvalue weighted by molar-refractivity contribution is 5.56. The Balaban J connectivity index is 3.15. The fourth-order valence-corrected chi connectivity index (χ4v) is 1.39. The summed E-state index contributed by atoms with van der Waals surface area (Å²) >= 11 is 0. The van der Waals surface area contributed by atoms with Crippen LogP contribution < -0.4 is 5.73 Å². The molecule has 0 heterocycles. The van der Waals surface area contributed by atoms with Crippen molar-refractivity contribution in [2.24, 2.45) is 0 Å². The number of anilines is 1. The minimum Gasteiger partial charge on any atom is -0.506 e. The molecule has 1 rings (SSSR count). The van der Waals surface area contributed by atoms with Crippen LogP contribution in [0.1, 0.15) is 11.1 Å². The van der Waals surface area contributed by atoms with Crippen molar-refractivity contribution in [1.29, 1.82) is 0 Å². The zero-order valence-corrected chi connectivity index (χ0v) is 8.16. The standard InChI is InChI=1S/C12H15NO/c1-3-5-9-7-11(13)12(14)8-10(9)6-4-2/h3-4,7-8,14H,1-2,5-6,13H2. The Hall–Kier alpha value is -1.70. The molecule has 1 aromatic rings. The Morgan fingerprint density at radius 3 is 2.14 bits per heavy atom. The van der Waals surface area contributed by atoms with Crippen molar-refractivity contribution in [3.05, 3.63) is 48.6 Å². The van der Waals surface area contributed by atoms with E-state index < -0.39 is 0 Å². The number of nitrogen functional groups attached to an aromatic ring is 1. The van der Waals surface area contributed by atoms with E-state index in [1.807, 2.05) is 6.08 Å². The smallest absolute Gasteiger partial charge is 0.138 e.